The lowest BCUT2D eigenvalue weighted by Crippen LogP contribution is -2.43. The third-order valence-electron chi connectivity index (χ3n) is 4.37. The first-order valence-corrected chi connectivity index (χ1v) is 10.1. The van der Waals surface area contributed by atoms with Gasteiger partial charge in [0.25, 0.3) is 0 Å². The summed E-state index contributed by atoms with van der Waals surface area (Å²) in [4.78, 5) is 12.3. The van der Waals surface area contributed by atoms with E-state index in [-0.39, 0.29) is 23.2 Å². The van der Waals surface area contributed by atoms with Crippen molar-refractivity contribution in [2.75, 3.05) is 0 Å². The number of sulfonamides is 1. The summed E-state index contributed by atoms with van der Waals surface area (Å²) in [6, 6.07) is -0.0597. The summed E-state index contributed by atoms with van der Waals surface area (Å²) >= 11 is 6.04. The molecule has 7 heteroatoms. The molecule has 2 aliphatic carbocycles. The molecular formula is C16H25ClN2O3S. The summed E-state index contributed by atoms with van der Waals surface area (Å²) in [5, 5.41) is 2.44. The first-order valence-electron chi connectivity index (χ1n) is 8.11. The molecule has 1 saturated carbocycles. The Morgan fingerprint density at radius 2 is 1.91 bits per heavy atom. The maximum absolute atomic E-state index is 12.3. The van der Waals surface area contributed by atoms with E-state index >= 15 is 0 Å². The number of hydrogen-bond donors (Lipinski definition) is 2. The van der Waals surface area contributed by atoms with Crippen LogP contribution in [0.15, 0.2) is 23.9 Å². The van der Waals surface area contributed by atoms with E-state index < -0.39 is 15.3 Å². The van der Waals surface area contributed by atoms with E-state index in [1.54, 1.807) is 13.8 Å². The Balaban J connectivity index is 1.81. The summed E-state index contributed by atoms with van der Waals surface area (Å²) in [6.45, 7) is 3.33. The fourth-order valence-electron chi connectivity index (χ4n) is 2.83. The van der Waals surface area contributed by atoms with Gasteiger partial charge in [0.05, 0.1) is 10.6 Å². The van der Waals surface area contributed by atoms with Gasteiger partial charge >= 0.3 is 0 Å². The fourth-order valence-corrected chi connectivity index (χ4v) is 4.06. The van der Waals surface area contributed by atoms with Crippen molar-refractivity contribution < 1.29 is 13.2 Å². The van der Waals surface area contributed by atoms with Crippen LogP contribution in [-0.2, 0) is 14.8 Å². The average molecular weight is 361 g/mol. The van der Waals surface area contributed by atoms with E-state index in [4.69, 9.17) is 11.6 Å². The zero-order valence-corrected chi connectivity index (χ0v) is 15.2. The molecule has 0 radical (unpaired) electrons. The standard InChI is InChI=1S/C16H25ClN2O3S/c1-11(2)23(21,22)19-14-8-6-12(7-9-14)16(20)18-15-5-3-4-13(17)10-15/h3-5,11-14,19H,6-10H2,1-2H3,(H,18,20). The van der Waals surface area contributed by atoms with Crippen LogP contribution >= 0.6 is 11.6 Å². The van der Waals surface area contributed by atoms with Crippen LogP contribution in [0.1, 0.15) is 46.0 Å². The lowest BCUT2D eigenvalue weighted by molar-refractivity contribution is -0.125. The van der Waals surface area contributed by atoms with Crippen LogP contribution in [-0.4, -0.2) is 31.0 Å². The van der Waals surface area contributed by atoms with Crippen molar-refractivity contribution in [2.45, 2.75) is 62.6 Å². The van der Waals surface area contributed by atoms with Gasteiger partial charge in [-0.25, -0.2) is 13.1 Å². The molecule has 2 rings (SSSR count). The molecule has 0 aromatic heterocycles. The van der Waals surface area contributed by atoms with E-state index in [1.165, 1.54) is 0 Å². The predicted octanol–water partition coefficient (Wildman–Crippen LogP) is 2.44. The molecule has 2 N–H and O–H groups in total. The molecule has 0 aromatic carbocycles. The monoisotopic (exact) mass is 360 g/mol. The van der Waals surface area contributed by atoms with Crippen molar-refractivity contribution in [3.8, 4) is 0 Å². The quantitative estimate of drug-likeness (QED) is 0.739. The summed E-state index contributed by atoms with van der Waals surface area (Å²) in [5.74, 6) is -0.0454. The van der Waals surface area contributed by atoms with E-state index in [0.29, 0.717) is 32.1 Å². The number of hydrogen-bond acceptors (Lipinski definition) is 3. The number of rotatable bonds is 5. The minimum Gasteiger partial charge on any atom is -0.329 e. The maximum Gasteiger partial charge on any atom is 0.227 e. The molecule has 0 aromatic rings. The number of alkyl halides is 1. The van der Waals surface area contributed by atoms with E-state index in [1.807, 2.05) is 18.2 Å². The molecule has 130 valence electrons. The lowest BCUT2D eigenvalue weighted by Gasteiger charge is -2.29. The fraction of sp³-hybridized carbons (Fsp3) is 0.688. The van der Waals surface area contributed by atoms with Crippen LogP contribution < -0.4 is 10.0 Å². The lowest BCUT2D eigenvalue weighted by atomic mass is 9.86. The van der Waals surface area contributed by atoms with Crippen LogP contribution in [0.2, 0.25) is 0 Å². The minimum atomic E-state index is -3.25. The van der Waals surface area contributed by atoms with Gasteiger partial charge in [-0.05, 0) is 45.6 Å². The van der Waals surface area contributed by atoms with Crippen molar-refractivity contribution in [1.29, 1.82) is 0 Å². The second-order valence-electron chi connectivity index (χ2n) is 6.55. The third kappa shape index (κ3) is 5.33. The van der Waals surface area contributed by atoms with Crippen LogP contribution in [0.3, 0.4) is 0 Å². The van der Waals surface area contributed by atoms with Gasteiger partial charge < -0.3 is 5.32 Å². The van der Waals surface area contributed by atoms with Crippen molar-refractivity contribution in [3.05, 3.63) is 23.9 Å². The van der Waals surface area contributed by atoms with Crippen molar-refractivity contribution in [1.82, 2.24) is 10.0 Å². The number of carbonyl (C=O) groups excluding carboxylic acids is 1. The molecular weight excluding hydrogens is 336 g/mol. The molecule has 0 saturated heterocycles. The number of carbonyl (C=O) groups is 1. The summed E-state index contributed by atoms with van der Waals surface area (Å²) in [6.07, 6.45) is 9.04. The number of nitrogens with one attached hydrogen (secondary N) is 2. The first kappa shape index (κ1) is 18.5. The zero-order valence-electron chi connectivity index (χ0n) is 13.6. The Morgan fingerprint density at radius 3 is 2.48 bits per heavy atom. The Morgan fingerprint density at radius 1 is 1.26 bits per heavy atom. The van der Waals surface area contributed by atoms with Crippen molar-refractivity contribution in [3.63, 3.8) is 0 Å². The van der Waals surface area contributed by atoms with E-state index in [2.05, 4.69) is 10.0 Å². The highest BCUT2D eigenvalue weighted by atomic mass is 35.5. The maximum atomic E-state index is 12.3. The summed E-state index contributed by atoms with van der Waals surface area (Å²) in [5.41, 5.74) is 0.847. The SMILES string of the molecule is CC(C)S(=O)(=O)NC1CCC(C(=O)NC2=CC=CC(Cl)C2)CC1. The van der Waals surface area contributed by atoms with Gasteiger partial charge in [-0.15, -0.1) is 11.6 Å². The number of allylic oxidation sites excluding steroid dienone is 4. The second kappa shape index (κ2) is 7.81. The summed E-state index contributed by atoms with van der Waals surface area (Å²) < 4.78 is 26.5. The Hall–Kier alpha value is -0.850. The van der Waals surface area contributed by atoms with Gasteiger partial charge in [-0.2, -0.15) is 0 Å². The van der Waals surface area contributed by atoms with Crippen LogP contribution in [0.4, 0.5) is 0 Å². The van der Waals surface area contributed by atoms with Crippen LogP contribution in [0.25, 0.3) is 0 Å². The first-order chi connectivity index (χ1) is 10.8. The molecule has 0 aliphatic heterocycles. The molecule has 1 unspecified atom stereocenters. The average Bonchev–Trinajstić information content (AvgIpc) is 2.47. The number of amides is 1. The third-order valence-corrected chi connectivity index (χ3v) is 6.57. The van der Waals surface area contributed by atoms with Gasteiger partial charge in [0, 0.05) is 24.1 Å². The van der Waals surface area contributed by atoms with Gasteiger partial charge in [-0.3, -0.25) is 4.79 Å². The predicted molar refractivity (Wildman–Crippen MR) is 92.6 cm³/mol. The van der Waals surface area contributed by atoms with Crippen LogP contribution in [0, 0.1) is 5.92 Å². The Kier molecular flexibility index (Phi) is 6.28. The van der Waals surface area contributed by atoms with Gasteiger partial charge in [0.1, 0.15) is 0 Å². The molecule has 0 heterocycles. The van der Waals surface area contributed by atoms with Gasteiger partial charge in [-0.1, -0.05) is 12.2 Å². The Labute approximate surface area is 143 Å². The highest BCUT2D eigenvalue weighted by Gasteiger charge is 2.29. The molecule has 2 aliphatic rings. The smallest absolute Gasteiger partial charge is 0.227 e. The topological polar surface area (TPSA) is 75.3 Å². The molecule has 1 fully saturated rings. The van der Waals surface area contributed by atoms with E-state index in [9.17, 15) is 13.2 Å². The van der Waals surface area contributed by atoms with Gasteiger partial charge in [0.15, 0.2) is 0 Å². The molecule has 1 atom stereocenters. The molecule has 0 bridgehead atoms. The molecule has 0 spiro atoms. The number of halogens is 1. The molecule has 1 amide bonds. The van der Waals surface area contributed by atoms with Crippen molar-refractivity contribution in [2.24, 2.45) is 5.92 Å². The molecule has 5 nitrogen and oxygen atoms in total. The van der Waals surface area contributed by atoms with Crippen molar-refractivity contribution >= 4 is 27.5 Å². The molecule has 23 heavy (non-hydrogen) atoms. The summed E-state index contributed by atoms with van der Waals surface area (Å²) in [7, 11) is -3.25. The van der Waals surface area contributed by atoms with E-state index in [0.717, 1.165) is 5.70 Å². The normalized spacial score (nSPS) is 28.5. The minimum absolute atomic E-state index is 0.0144. The van der Waals surface area contributed by atoms with Crippen LogP contribution in [0.5, 0.6) is 0 Å². The second-order valence-corrected chi connectivity index (χ2v) is 9.38. The highest BCUT2D eigenvalue weighted by molar-refractivity contribution is 7.90. The zero-order chi connectivity index (χ0) is 17.0. The Bertz CT molecular complexity index is 590. The van der Waals surface area contributed by atoms with Gasteiger partial charge in [0.2, 0.25) is 15.9 Å². The highest BCUT2D eigenvalue weighted by Crippen LogP contribution is 2.26. The largest absolute Gasteiger partial charge is 0.329 e.